The monoisotopic (exact) mass is 441 g/mol. The van der Waals surface area contributed by atoms with Gasteiger partial charge in [-0.3, -0.25) is 4.79 Å². The molecule has 0 heterocycles. The Morgan fingerprint density at radius 2 is 1.71 bits per heavy atom. The van der Waals surface area contributed by atoms with Crippen molar-refractivity contribution >= 4 is 23.2 Å². The van der Waals surface area contributed by atoms with Crippen molar-refractivity contribution in [3.63, 3.8) is 0 Å². The lowest BCUT2D eigenvalue weighted by molar-refractivity contribution is 0.00549. The van der Waals surface area contributed by atoms with Crippen LogP contribution in [0.4, 0.5) is 5.69 Å². The summed E-state index contributed by atoms with van der Waals surface area (Å²) in [5.41, 5.74) is 2.05. The molecular formula is C24H24ClNO5. The zero-order chi connectivity index (χ0) is 22.1. The van der Waals surface area contributed by atoms with E-state index >= 15 is 0 Å². The number of rotatable bonds is 10. The van der Waals surface area contributed by atoms with E-state index in [-0.39, 0.29) is 19.1 Å². The molecule has 7 heteroatoms. The van der Waals surface area contributed by atoms with Crippen molar-refractivity contribution in [1.82, 2.24) is 0 Å². The first kappa shape index (κ1) is 22.6. The number of methoxy groups -OCH3 is 1. The van der Waals surface area contributed by atoms with Crippen LogP contribution >= 0.6 is 11.6 Å². The third-order valence-corrected chi connectivity index (χ3v) is 4.65. The number of benzene rings is 3. The number of ether oxygens (including phenoxy) is 3. The van der Waals surface area contributed by atoms with Crippen LogP contribution in [0.2, 0.25) is 5.02 Å². The molecule has 1 amide bonds. The fourth-order valence-corrected chi connectivity index (χ4v) is 2.93. The molecule has 0 fully saturated rings. The summed E-state index contributed by atoms with van der Waals surface area (Å²) in [6.45, 7) is 0.623. The molecule has 3 aromatic carbocycles. The predicted octanol–water partition coefficient (Wildman–Crippen LogP) is 4.56. The molecule has 6 nitrogen and oxygen atoms in total. The Kier molecular flexibility index (Phi) is 8.29. The van der Waals surface area contributed by atoms with Crippen molar-refractivity contribution in [1.29, 1.82) is 0 Å². The van der Waals surface area contributed by atoms with E-state index in [2.05, 4.69) is 5.32 Å². The van der Waals surface area contributed by atoms with Crippen molar-refractivity contribution in [3.05, 3.63) is 88.9 Å². The van der Waals surface area contributed by atoms with Gasteiger partial charge >= 0.3 is 0 Å². The lowest BCUT2D eigenvalue weighted by Gasteiger charge is -2.13. The number of carbonyl (C=O) groups is 1. The molecule has 31 heavy (non-hydrogen) atoms. The third-order valence-electron chi connectivity index (χ3n) is 4.40. The molecule has 0 bridgehead atoms. The van der Waals surface area contributed by atoms with E-state index < -0.39 is 6.10 Å². The Morgan fingerprint density at radius 1 is 1.00 bits per heavy atom. The zero-order valence-corrected chi connectivity index (χ0v) is 17.8. The Morgan fingerprint density at radius 3 is 2.42 bits per heavy atom. The summed E-state index contributed by atoms with van der Waals surface area (Å²) in [7, 11) is 1.52. The largest absolute Gasteiger partial charge is 0.496 e. The minimum atomic E-state index is -0.766. The van der Waals surface area contributed by atoms with Gasteiger partial charge in [-0.05, 0) is 54.1 Å². The second-order valence-electron chi connectivity index (χ2n) is 6.79. The summed E-state index contributed by atoms with van der Waals surface area (Å²) in [5, 5.41) is 13.5. The Labute approximate surface area is 186 Å². The quantitative estimate of drug-likeness (QED) is 0.482. The number of halogens is 1. The molecule has 0 spiro atoms. The van der Waals surface area contributed by atoms with Gasteiger partial charge in [0.2, 0.25) is 0 Å². The standard InChI is InChI=1S/C24H24ClNO5/c1-29-23-5-3-2-4-22(23)24(28)26-19-10-12-21(13-11-19)31-16-20(27)15-30-14-17-6-8-18(25)9-7-17/h2-13,20,27H,14-16H2,1H3,(H,26,28). The fourth-order valence-electron chi connectivity index (χ4n) is 2.80. The van der Waals surface area contributed by atoms with Gasteiger partial charge in [-0.15, -0.1) is 0 Å². The van der Waals surface area contributed by atoms with Crippen molar-refractivity contribution in [3.8, 4) is 11.5 Å². The van der Waals surface area contributed by atoms with Gasteiger partial charge in [0.1, 0.15) is 24.2 Å². The lowest BCUT2D eigenvalue weighted by atomic mass is 10.2. The van der Waals surface area contributed by atoms with Crippen LogP contribution in [0.25, 0.3) is 0 Å². The molecule has 1 unspecified atom stereocenters. The second-order valence-corrected chi connectivity index (χ2v) is 7.22. The summed E-state index contributed by atoms with van der Waals surface area (Å²) >= 11 is 5.85. The molecule has 0 aliphatic heterocycles. The Bertz CT molecular complexity index is 976. The number of carbonyl (C=O) groups excluding carboxylic acids is 1. The third kappa shape index (κ3) is 7.00. The smallest absolute Gasteiger partial charge is 0.259 e. The van der Waals surface area contributed by atoms with E-state index in [0.717, 1.165) is 5.56 Å². The van der Waals surface area contributed by atoms with Crippen molar-refractivity contribution in [2.45, 2.75) is 12.7 Å². The van der Waals surface area contributed by atoms with Crippen LogP contribution in [-0.4, -0.2) is 37.4 Å². The topological polar surface area (TPSA) is 77.0 Å². The molecule has 0 radical (unpaired) electrons. The first-order chi connectivity index (χ1) is 15.0. The molecule has 0 saturated heterocycles. The maximum Gasteiger partial charge on any atom is 0.259 e. The van der Waals surface area contributed by atoms with Crippen molar-refractivity contribution in [2.24, 2.45) is 0 Å². The first-order valence-corrected chi connectivity index (χ1v) is 10.1. The normalized spacial score (nSPS) is 11.6. The number of nitrogens with one attached hydrogen (secondary N) is 1. The summed E-state index contributed by atoms with van der Waals surface area (Å²) < 4.78 is 16.3. The van der Waals surface area contributed by atoms with Crippen LogP contribution in [0.5, 0.6) is 11.5 Å². The molecule has 0 aromatic heterocycles. The number of aliphatic hydroxyl groups is 1. The first-order valence-electron chi connectivity index (χ1n) is 9.72. The molecule has 0 saturated carbocycles. The highest BCUT2D eigenvalue weighted by Gasteiger charge is 2.12. The molecule has 3 aromatic rings. The van der Waals surface area contributed by atoms with E-state index in [1.807, 2.05) is 12.1 Å². The number of hydrogen-bond donors (Lipinski definition) is 2. The lowest BCUT2D eigenvalue weighted by Crippen LogP contribution is -2.23. The minimum absolute atomic E-state index is 0.0908. The van der Waals surface area contributed by atoms with E-state index in [0.29, 0.717) is 34.4 Å². The van der Waals surface area contributed by atoms with Crippen LogP contribution in [0, 0.1) is 0 Å². The van der Waals surface area contributed by atoms with Gasteiger partial charge in [0.05, 0.1) is 25.9 Å². The second kappa shape index (κ2) is 11.4. The Balaban J connectivity index is 1.42. The number of para-hydroxylation sites is 1. The maximum atomic E-state index is 12.4. The van der Waals surface area contributed by atoms with E-state index in [1.54, 1.807) is 60.7 Å². The molecule has 1 atom stereocenters. The van der Waals surface area contributed by atoms with E-state index in [4.69, 9.17) is 25.8 Å². The summed E-state index contributed by atoms with van der Waals surface area (Å²) in [4.78, 5) is 12.4. The van der Waals surface area contributed by atoms with Crippen LogP contribution in [0.3, 0.4) is 0 Å². The average molecular weight is 442 g/mol. The van der Waals surface area contributed by atoms with Crippen LogP contribution < -0.4 is 14.8 Å². The molecule has 0 aliphatic rings. The van der Waals surface area contributed by atoms with E-state index in [9.17, 15) is 9.90 Å². The highest BCUT2D eigenvalue weighted by atomic mass is 35.5. The zero-order valence-electron chi connectivity index (χ0n) is 17.1. The van der Waals surface area contributed by atoms with Crippen molar-refractivity contribution in [2.75, 3.05) is 25.6 Å². The molecule has 162 valence electrons. The predicted molar refractivity (Wildman–Crippen MR) is 120 cm³/mol. The maximum absolute atomic E-state index is 12.4. The van der Waals surface area contributed by atoms with Crippen LogP contribution in [-0.2, 0) is 11.3 Å². The summed E-state index contributed by atoms with van der Waals surface area (Å²) in [6.07, 6.45) is -0.766. The van der Waals surface area contributed by atoms with Gasteiger partial charge in [-0.2, -0.15) is 0 Å². The SMILES string of the molecule is COc1ccccc1C(=O)Nc1ccc(OCC(O)COCc2ccc(Cl)cc2)cc1. The summed E-state index contributed by atoms with van der Waals surface area (Å²) in [6, 6.07) is 21.2. The molecule has 2 N–H and O–H groups in total. The van der Waals surface area contributed by atoms with E-state index in [1.165, 1.54) is 7.11 Å². The van der Waals surface area contributed by atoms with Crippen LogP contribution in [0.1, 0.15) is 15.9 Å². The number of amides is 1. The van der Waals surface area contributed by atoms with Gasteiger partial charge < -0.3 is 24.6 Å². The average Bonchev–Trinajstić information content (AvgIpc) is 2.80. The van der Waals surface area contributed by atoms with Gasteiger partial charge in [0, 0.05) is 10.7 Å². The van der Waals surface area contributed by atoms with Gasteiger partial charge in [-0.1, -0.05) is 35.9 Å². The molecule has 3 rings (SSSR count). The fraction of sp³-hybridized carbons (Fsp3) is 0.208. The highest BCUT2D eigenvalue weighted by Crippen LogP contribution is 2.21. The molecular weight excluding hydrogens is 418 g/mol. The number of aliphatic hydroxyl groups excluding tert-OH is 1. The van der Waals surface area contributed by atoms with Gasteiger partial charge in [-0.25, -0.2) is 0 Å². The number of anilines is 1. The van der Waals surface area contributed by atoms with Crippen molar-refractivity contribution < 1.29 is 24.1 Å². The minimum Gasteiger partial charge on any atom is -0.496 e. The molecule has 0 aliphatic carbocycles. The Hall–Kier alpha value is -3.06. The highest BCUT2D eigenvalue weighted by molar-refractivity contribution is 6.30. The number of hydrogen-bond acceptors (Lipinski definition) is 5. The van der Waals surface area contributed by atoms with Gasteiger partial charge in [0.25, 0.3) is 5.91 Å². The summed E-state index contributed by atoms with van der Waals surface area (Å²) in [5.74, 6) is 0.818. The van der Waals surface area contributed by atoms with Gasteiger partial charge in [0.15, 0.2) is 0 Å². The van der Waals surface area contributed by atoms with Crippen LogP contribution in [0.15, 0.2) is 72.8 Å².